The molecule has 9 nitrogen and oxygen atoms in total. The van der Waals surface area contributed by atoms with Gasteiger partial charge in [0.2, 0.25) is 0 Å². The SMILES string of the molecule is COc1cc(NC(=O)c2cccc([N+](=O)[O-])c2C)c(C(=O)N2CCCCC2)cc1OC. The number of amides is 2. The Morgan fingerprint density at radius 2 is 1.68 bits per heavy atom. The van der Waals surface area contributed by atoms with Gasteiger partial charge in [0.05, 0.1) is 30.4 Å². The topological polar surface area (TPSA) is 111 Å². The Bertz CT molecular complexity index is 1010. The van der Waals surface area contributed by atoms with Crippen LogP contribution in [-0.4, -0.2) is 48.9 Å². The number of nitro benzene ring substituents is 1. The first-order valence-corrected chi connectivity index (χ1v) is 9.98. The van der Waals surface area contributed by atoms with E-state index in [-0.39, 0.29) is 34.0 Å². The summed E-state index contributed by atoms with van der Waals surface area (Å²) in [6, 6.07) is 7.37. The largest absolute Gasteiger partial charge is 0.493 e. The molecule has 0 radical (unpaired) electrons. The fourth-order valence-corrected chi connectivity index (χ4v) is 3.68. The Morgan fingerprint density at radius 3 is 2.29 bits per heavy atom. The summed E-state index contributed by atoms with van der Waals surface area (Å²) in [5, 5.41) is 14.0. The number of hydrogen-bond donors (Lipinski definition) is 1. The maximum Gasteiger partial charge on any atom is 0.273 e. The van der Waals surface area contributed by atoms with E-state index in [1.165, 1.54) is 45.4 Å². The van der Waals surface area contributed by atoms with Crippen molar-refractivity contribution in [2.45, 2.75) is 26.2 Å². The molecule has 1 N–H and O–H groups in total. The maximum atomic E-state index is 13.2. The third-order valence-corrected chi connectivity index (χ3v) is 5.39. The zero-order valence-corrected chi connectivity index (χ0v) is 17.8. The average molecular weight is 427 g/mol. The summed E-state index contributed by atoms with van der Waals surface area (Å²) in [5.74, 6) is -0.0519. The summed E-state index contributed by atoms with van der Waals surface area (Å²) in [6.07, 6.45) is 2.92. The van der Waals surface area contributed by atoms with Crippen molar-refractivity contribution in [3.05, 3.63) is 57.1 Å². The summed E-state index contributed by atoms with van der Waals surface area (Å²) < 4.78 is 10.7. The molecule has 0 spiro atoms. The van der Waals surface area contributed by atoms with Crippen LogP contribution in [0, 0.1) is 17.0 Å². The smallest absolute Gasteiger partial charge is 0.273 e. The molecule has 2 aromatic carbocycles. The number of carbonyl (C=O) groups excluding carboxylic acids is 2. The number of nitrogens with zero attached hydrogens (tertiary/aromatic N) is 2. The van der Waals surface area contributed by atoms with Gasteiger partial charge in [0, 0.05) is 36.3 Å². The minimum atomic E-state index is -0.555. The van der Waals surface area contributed by atoms with E-state index in [4.69, 9.17) is 9.47 Å². The van der Waals surface area contributed by atoms with Gasteiger partial charge in [-0.1, -0.05) is 6.07 Å². The van der Waals surface area contributed by atoms with E-state index in [1.807, 2.05) is 0 Å². The molecule has 31 heavy (non-hydrogen) atoms. The van der Waals surface area contributed by atoms with Gasteiger partial charge in [-0.15, -0.1) is 0 Å². The monoisotopic (exact) mass is 427 g/mol. The van der Waals surface area contributed by atoms with Crippen molar-refractivity contribution in [3.8, 4) is 11.5 Å². The van der Waals surface area contributed by atoms with Crippen LogP contribution in [0.15, 0.2) is 30.3 Å². The molecule has 0 bridgehead atoms. The highest BCUT2D eigenvalue weighted by atomic mass is 16.6. The molecule has 0 atom stereocenters. The molecule has 0 saturated carbocycles. The molecule has 1 fully saturated rings. The highest BCUT2D eigenvalue weighted by molar-refractivity contribution is 6.10. The molecule has 3 rings (SSSR count). The van der Waals surface area contributed by atoms with Gasteiger partial charge in [-0.05, 0) is 38.3 Å². The second-order valence-corrected chi connectivity index (χ2v) is 7.27. The lowest BCUT2D eigenvalue weighted by molar-refractivity contribution is -0.385. The van der Waals surface area contributed by atoms with Crippen molar-refractivity contribution in [3.63, 3.8) is 0 Å². The third-order valence-electron chi connectivity index (χ3n) is 5.39. The van der Waals surface area contributed by atoms with E-state index in [2.05, 4.69) is 5.32 Å². The summed E-state index contributed by atoms with van der Waals surface area (Å²) in [4.78, 5) is 38.6. The van der Waals surface area contributed by atoms with E-state index in [0.717, 1.165) is 19.3 Å². The third kappa shape index (κ3) is 4.60. The van der Waals surface area contributed by atoms with Gasteiger partial charge in [-0.3, -0.25) is 19.7 Å². The summed E-state index contributed by atoms with van der Waals surface area (Å²) >= 11 is 0. The van der Waals surface area contributed by atoms with Crippen LogP contribution >= 0.6 is 0 Å². The normalized spacial score (nSPS) is 13.5. The van der Waals surface area contributed by atoms with Crippen molar-refractivity contribution < 1.29 is 24.0 Å². The van der Waals surface area contributed by atoms with Gasteiger partial charge in [0.1, 0.15) is 0 Å². The lowest BCUT2D eigenvalue weighted by Crippen LogP contribution is -2.36. The summed E-state index contributed by atoms with van der Waals surface area (Å²) in [5.41, 5.74) is 0.777. The Labute approximate surface area is 180 Å². The lowest BCUT2D eigenvalue weighted by atomic mass is 10.0. The van der Waals surface area contributed by atoms with Gasteiger partial charge in [0.25, 0.3) is 17.5 Å². The Kier molecular flexibility index (Phi) is 6.74. The Morgan fingerprint density at radius 1 is 1.03 bits per heavy atom. The van der Waals surface area contributed by atoms with Gasteiger partial charge in [0.15, 0.2) is 11.5 Å². The summed E-state index contributed by atoms with van der Waals surface area (Å²) in [7, 11) is 2.93. The molecule has 1 saturated heterocycles. The number of nitrogens with one attached hydrogen (secondary N) is 1. The molecule has 1 aliphatic rings. The number of hydrogen-bond acceptors (Lipinski definition) is 6. The van der Waals surface area contributed by atoms with Gasteiger partial charge < -0.3 is 19.7 Å². The van der Waals surface area contributed by atoms with Gasteiger partial charge in [-0.2, -0.15) is 0 Å². The number of piperidine rings is 1. The molecule has 1 heterocycles. The second kappa shape index (κ2) is 9.46. The molecule has 9 heteroatoms. The van der Waals surface area contributed by atoms with Crippen molar-refractivity contribution in [2.75, 3.05) is 32.6 Å². The van der Waals surface area contributed by atoms with Crippen molar-refractivity contribution in [1.82, 2.24) is 4.90 Å². The van der Waals surface area contributed by atoms with E-state index in [1.54, 1.807) is 11.0 Å². The molecule has 1 aliphatic heterocycles. The van der Waals surface area contributed by atoms with E-state index in [0.29, 0.717) is 24.6 Å². The average Bonchev–Trinajstić information content (AvgIpc) is 2.78. The number of benzene rings is 2. The molecule has 0 unspecified atom stereocenters. The first-order chi connectivity index (χ1) is 14.9. The first-order valence-electron chi connectivity index (χ1n) is 9.98. The number of ether oxygens (including phenoxy) is 2. The Balaban J connectivity index is 2.01. The minimum absolute atomic E-state index is 0.149. The number of likely N-dealkylation sites (tertiary alicyclic amines) is 1. The number of carbonyl (C=O) groups is 2. The van der Waals surface area contributed by atoms with Crippen molar-refractivity contribution in [1.29, 1.82) is 0 Å². The van der Waals surface area contributed by atoms with Gasteiger partial charge >= 0.3 is 0 Å². The predicted octanol–water partition coefficient (Wildman–Crippen LogP) is 3.80. The quantitative estimate of drug-likeness (QED) is 0.554. The van der Waals surface area contributed by atoms with Crippen LogP contribution in [0.3, 0.4) is 0 Å². The Hall–Kier alpha value is -3.62. The fourth-order valence-electron chi connectivity index (χ4n) is 3.68. The molecule has 0 aliphatic carbocycles. The molecule has 2 aromatic rings. The molecular formula is C22H25N3O6. The van der Waals surface area contributed by atoms with Crippen molar-refractivity contribution >= 4 is 23.2 Å². The highest BCUT2D eigenvalue weighted by Crippen LogP contribution is 2.35. The van der Waals surface area contributed by atoms with Crippen LogP contribution in [0.5, 0.6) is 11.5 Å². The molecule has 2 amide bonds. The number of anilines is 1. The van der Waals surface area contributed by atoms with Gasteiger partial charge in [-0.25, -0.2) is 0 Å². The van der Waals surface area contributed by atoms with Crippen LogP contribution < -0.4 is 14.8 Å². The zero-order valence-electron chi connectivity index (χ0n) is 17.8. The molecule has 164 valence electrons. The van der Waals surface area contributed by atoms with E-state index in [9.17, 15) is 19.7 Å². The van der Waals surface area contributed by atoms with Crippen molar-refractivity contribution in [2.24, 2.45) is 0 Å². The lowest BCUT2D eigenvalue weighted by Gasteiger charge is -2.28. The molecular weight excluding hydrogens is 402 g/mol. The van der Waals surface area contributed by atoms with E-state index >= 15 is 0 Å². The maximum absolute atomic E-state index is 13.2. The first kappa shape index (κ1) is 22.1. The van der Waals surface area contributed by atoms with E-state index < -0.39 is 10.8 Å². The standard InChI is InChI=1S/C22H25N3O6/c1-14-15(8-7-9-18(14)25(28)29)21(26)23-17-13-20(31-3)19(30-2)12-16(17)22(27)24-10-5-4-6-11-24/h7-9,12-13H,4-6,10-11H2,1-3H3,(H,23,26). The van der Waals surface area contributed by atoms with Crippen LogP contribution in [0.4, 0.5) is 11.4 Å². The zero-order chi connectivity index (χ0) is 22.5. The molecule has 0 aromatic heterocycles. The summed E-state index contributed by atoms with van der Waals surface area (Å²) in [6.45, 7) is 2.80. The van der Waals surface area contributed by atoms with Crippen LogP contribution in [0.1, 0.15) is 45.5 Å². The number of rotatable bonds is 6. The van der Waals surface area contributed by atoms with Crippen LogP contribution in [0.2, 0.25) is 0 Å². The number of nitro groups is 1. The highest BCUT2D eigenvalue weighted by Gasteiger charge is 2.25. The minimum Gasteiger partial charge on any atom is -0.493 e. The van der Waals surface area contributed by atoms with Crippen LogP contribution in [0.25, 0.3) is 0 Å². The van der Waals surface area contributed by atoms with Crippen LogP contribution in [-0.2, 0) is 0 Å². The predicted molar refractivity (Wildman–Crippen MR) is 115 cm³/mol. The fraction of sp³-hybridized carbons (Fsp3) is 0.364. The second-order valence-electron chi connectivity index (χ2n) is 7.27. The number of methoxy groups -OCH3 is 2.